The molecule has 5 nitrogen and oxygen atoms in total. The number of aryl methyl sites for hydroxylation is 1. The number of thiophene rings is 1. The van der Waals surface area contributed by atoms with Gasteiger partial charge in [0.25, 0.3) is 0 Å². The first-order valence-electron chi connectivity index (χ1n) is 7.05. The van der Waals surface area contributed by atoms with Gasteiger partial charge in [0.15, 0.2) is 0 Å². The van der Waals surface area contributed by atoms with Gasteiger partial charge in [0.1, 0.15) is 0 Å². The van der Waals surface area contributed by atoms with Crippen molar-refractivity contribution in [3.63, 3.8) is 0 Å². The molecule has 1 aliphatic rings. The van der Waals surface area contributed by atoms with Crippen molar-refractivity contribution < 1.29 is 4.74 Å². The summed E-state index contributed by atoms with van der Waals surface area (Å²) < 4.78 is 6.64. The van der Waals surface area contributed by atoms with E-state index in [1.165, 1.54) is 4.70 Å². The van der Waals surface area contributed by atoms with E-state index in [1.807, 2.05) is 13.0 Å². The molecule has 4 heterocycles. The quantitative estimate of drug-likeness (QED) is 0.779. The first-order valence-corrected chi connectivity index (χ1v) is 7.86. The van der Waals surface area contributed by atoms with Crippen LogP contribution in [0.15, 0.2) is 24.4 Å². The Balaban J connectivity index is 1.78. The average Bonchev–Trinajstić information content (AvgIpc) is 3.19. The molecule has 0 saturated carbocycles. The summed E-state index contributed by atoms with van der Waals surface area (Å²) in [5, 5.41) is 10.6. The Morgan fingerprint density at radius 2 is 2.38 bits per heavy atom. The first kappa shape index (κ1) is 12.8. The minimum absolute atomic E-state index is 0.396. The van der Waals surface area contributed by atoms with E-state index in [4.69, 9.17) is 4.74 Å². The number of ether oxygens (including phenoxy) is 1. The van der Waals surface area contributed by atoms with Crippen LogP contribution in [0, 0.1) is 6.92 Å². The molecule has 0 radical (unpaired) electrons. The van der Waals surface area contributed by atoms with Gasteiger partial charge in [-0.1, -0.05) is 0 Å². The van der Waals surface area contributed by atoms with Gasteiger partial charge >= 0.3 is 0 Å². The lowest BCUT2D eigenvalue weighted by Gasteiger charge is -2.13. The number of aromatic amines is 1. The third-order valence-electron chi connectivity index (χ3n) is 3.66. The smallest absolute Gasteiger partial charge is 0.0841 e. The van der Waals surface area contributed by atoms with E-state index in [2.05, 4.69) is 32.6 Å². The molecule has 0 aromatic carbocycles. The number of H-pyrrole nitrogens is 1. The topological polar surface area (TPSA) is 62.8 Å². The minimum atomic E-state index is 0.396. The molecule has 2 N–H and O–H groups in total. The summed E-state index contributed by atoms with van der Waals surface area (Å²) in [5.74, 6) is 0. The molecular formula is C15H16N4OS. The highest BCUT2D eigenvalue weighted by Gasteiger charge is 2.18. The maximum Gasteiger partial charge on any atom is 0.0841 e. The number of rotatable bonds is 3. The van der Waals surface area contributed by atoms with E-state index in [-0.39, 0.29) is 0 Å². The van der Waals surface area contributed by atoms with Crippen LogP contribution in [-0.2, 0) is 4.74 Å². The fourth-order valence-electron chi connectivity index (χ4n) is 2.66. The second-order valence-corrected chi connectivity index (χ2v) is 6.36. The lowest BCUT2D eigenvalue weighted by molar-refractivity contribution is 0.195. The fourth-order valence-corrected chi connectivity index (χ4v) is 3.71. The van der Waals surface area contributed by atoms with Gasteiger partial charge in [-0.05, 0) is 31.5 Å². The Hall–Kier alpha value is -1.92. The zero-order valence-electron chi connectivity index (χ0n) is 11.7. The van der Waals surface area contributed by atoms with Crippen molar-refractivity contribution in [2.45, 2.75) is 19.4 Å². The molecule has 0 aliphatic carbocycles. The Kier molecular flexibility index (Phi) is 3.12. The van der Waals surface area contributed by atoms with Crippen LogP contribution in [0.2, 0.25) is 0 Å². The molecule has 3 aromatic rings. The van der Waals surface area contributed by atoms with E-state index in [1.54, 1.807) is 17.5 Å². The molecule has 0 bridgehead atoms. The molecule has 1 saturated heterocycles. The lowest BCUT2D eigenvalue weighted by atomic mass is 10.2. The molecule has 1 fully saturated rings. The molecule has 6 heteroatoms. The van der Waals surface area contributed by atoms with Gasteiger partial charge in [0.2, 0.25) is 0 Å². The monoisotopic (exact) mass is 300 g/mol. The molecule has 108 valence electrons. The van der Waals surface area contributed by atoms with Crippen molar-refractivity contribution in [2.24, 2.45) is 0 Å². The van der Waals surface area contributed by atoms with Crippen LogP contribution in [-0.4, -0.2) is 34.4 Å². The van der Waals surface area contributed by atoms with Crippen molar-refractivity contribution >= 4 is 27.2 Å². The number of hydrogen-bond acceptors (Lipinski definition) is 5. The SMILES string of the molecule is Cc1cc(NC2CCOC2)c2sc(-c3ccn[nH]3)cc2n1. The van der Waals surface area contributed by atoms with Crippen LogP contribution in [0.5, 0.6) is 0 Å². The van der Waals surface area contributed by atoms with Crippen molar-refractivity contribution in [3.8, 4) is 10.6 Å². The van der Waals surface area contributed by atoms with Crippen molar-refractivity contribution in [1.82, 2.24) is 15.2 Å². The zero-order valence-corrected chi connectivity index (χ0v) is 12.5. The van der Waals surface area contributed by atoms with Gasteiger partial charge in [-0.25, -0.2) is 0 Å². The zero-order chi connectivity index (χ0) is 14.2. The number of anilines is 1. The van der Waals surface area contributed by atoms with Gasteiger partial charge in [0, 0.05) is 18.5 Å². The molecule has 0 amide bonds. The second-order valence-electron chi connectivity index (χ2n) is 5.31. The van der Waals surface area contributed by atoms with E-state index < -0.39 is 0 Å². The summed E-state index contributed by atoms with van der Waals surface area (Å²) in [4.78, 5) is 5.80. The Bertz CT molecular complexity index is 759. The summed E-state index contributed by atoms with van der Waals surface area (Å²) in [5.41, 5.74) is 4.25. The number of nitrogens with one attached hydrogen (secondary N) is 2. The molecule has 3 aromatic heterocycles. The Labute approximate surface area is 126 Å². The number of fused-ring (bicyclic) bond motifs is 1. The molecule has 4 rings (SSSR count). The maximum atomic E-state index is 5.45. The summed E-state index contributed by atoms with van der Waals surface area (Å²) >= 11 is 1.74. The van der Waals surface area contributed by atoms with Crippen LogP contribution in [0.25, 0.3) is 20.8 Å². The van der Waals surface area contributed by atoms with E-state index >= 15 is 0 Å². The number of aromatic nitrogens is 3. The van der Waals surface area contributed by atoms with E-state index in [0.29, 0.717) is 6.04 Å². The molecule has 21 heavy (non-hydrogen) atoms. The van der Waals surface area contributed by atoms with Crippen molar-refractivity contribution in [2.75, 3.05) is 18.5 Å². The fraction of sp³-hybridized carbons (Fsp3) is 0.333. The molecule has 1 aliphatic heterocycles. The highest BCUT2D eigenvalue weighted by atomic mass is 32.1. The van der Waals surface area contributed by atoms with Crippen LogP contribution >= 0.6 is 11.3 Å². The standard InChI is InChI=1S/C15H16N4OS/c1-9-6-12(18-10-3-5-20-8-10)15-13(17-9)7-14(21-15)11-2-4-16-19-11/h2,4,6-7,10H,3,5,8H2,1H3,(H,16,19)(H,17,18). The van der Waals surface area contributed by atoms with Crippen molar-refractivity contribution in [1.29, 1.82) is 0 Å². The first-order chi connectivity index (χ1) is 10.3. The predicted molar refractivity (Wildman–Crippen MR) is 84.8 cm³/mol. The summed E-state index contributed by atoms with van der Waals surface area (Å²) in [7, 11) is 0. The highest BCUT2D eigenvalue weighted by molar-refractivity contribution is 7.22. The number of nitrogens with zero attached hydrogens (tertiary/aromatic N) is 2. The molecule has 1 atom stereocenters. The predicted octanol–water partition coefficient (Wildman–Crippen LogP) is 3.20. The molecule has 1 unspecified atom stereocenters. The Morgan fingerprint density at radius 3 is 3.14 bits per heavy atom. The summed E-state index contributed by atoms with van der Waals surface area (Å²) in [6.45, 7) is 3.65. The highest BCUT2D eigenvalue weighted by Crippen LogP contribution is 2.36. The van der Waals surface area contributed by atoms with Gasteiger partial charge in [0.05, 0.1) is 39.1 Å². The van der Waals surface area contributed by atoms with Crippen LogP contribution < -0.4 is 5.32 Å². The number of hydrogen-bond donors (Lipinski definition) is 2. The minimum Gasteiger partial charge on any atom is -0.379 e. The van der Waals surface area contributed by atoms with Crippen LogP contribution in [0.3, 0.4) is 0 Å². The van der Waals surface area contributed by atoms with Crippen LogP contribution in [0.4, 0.5) is 5.69 Å². The maximum absolute atomic E-state index is 5.45. The summed E-state index contributed by atoms with van der Waals surface area (Å²) in [6.07, 6.45) is 2.83. The van der Waals surface area contributed by atoms with E-state index in [9.17, 15) is 0 Å². The van der Waals surface area contributed by atoms with E-state index in [0.717, 1.165) is 47.1 Å². The Morgan fingerprint density at radius 1 is 1.43 bits per heavy atom. The van der Waals surface area contributed by atoms with Crippen molar-refractivity contribution in [3.05, 3.63) is 30.1 Å². The van der Waals surface area contributed by atoms with Gasteiger partial charge in [-0.2, -0.15) is 5.10 Å². The molecular weight excluding hydrogens is 284 g/mol. The van der Waals surface area contributed by atoms with Gasteiger partial charge < -0.3 is 10.1 Å². The second kappa shape index (κ2) is 5.13. The summed E-state index contributed by atoms with van der Waals surface area (Å²) in [6, 6.07) is 6.62. The normalized spacial score (nSPS) is 18.4. The average molecular weight is 300 g/mol. The molecule has 0 spiro atoms. The van der Waals surface area contributed by atoms with Gasteiger partial charge in [-0.15, -0.1) is 11.3 Å². The van der Waals surface area contributed by atoms with Crippen LogP contribution in [0.1, 0.15) is 12.1 Å². The lowest BCUT2D eigenvalue weighted by Crippen LogP contribution is -2.19. The number of pyridine rings is 1. The third kappa shape index (κ3) is 2.41. The largest absolute Gasteiger partial charge is 0.379 e. The van der Waals surface area contributed by atoms with Gasteiger partial charge in [-0.3, -0.25) is 10.1 Å². The third-order valence-corrected chi connectivity index (χ3v) is 4.85.